The van der Waals surface area contributed by atoms with Gasteiger partial charge >= 0.3 is 0 Å². The topological polar surface area (TPSA) is 37.8 Å². The van der Waals surface area contributed by atoms with Crippen LogP contribution in [-0.2, 0) is 6.42 Å². The van der Waals surface area contributed by atoms with Crippen molar-refractivity contribution in [1.82, 2.24) is 15.3 Å². The van der Waals surface area contributed by atoms with E-state index in [0.29, 0.717) is 12.0 Å². The van der Waals surface area contributed by atoms with Gasteiger partial charge in [0.15, 0.2) is 0 Å². The van der Waals surface area contributed by atoms with E-state index in [9.17, 15) is 0 Å². The van der Waals surface area contributed by atoms with E-state index >= 15 is 0 Å². The van der Waals surface area contributed by atoms with Crippen LogP contribution < -0.4 is 5.32 Å². The molecule has 2 aromatic rings. The highest BCUT2D eigenvalue weighted by Gasteiger charge is 2.32. The van der Waals surface area contributed by atoms with Gasteiger partial charge in [0.25, 0.3) is 0 Å². The maximum Gasteiger partial charge on any atom is 0.0485 e. The van der Waals surface area contributed by atoms with Crippen molar-refractivity contribution in [2.45, 2.75) is 45.1 Å². The second kappa shape index (κ2) is 6.35. The summed E-state index contributed by atoms with van der Waals surface area (Å²) in [5, 5.41) is 3.73. The van der Waals surface area contributed by atoms with E-state index in [1.54, 1.807) is 0 Å². The predicted octanol–water partition coefficient (Wildman–Crippen LogP) is 3.56. The molecule has 0 amide bonds. The molecule has 1 aliphatic rings. The molecule has 0 aromatic carbocycles. The molecule has 2 unspecified atom stereocenters. The van der Waals surface area contributed by atoms with Crippen LogP contribution in [0, 0.1) is 6.92 Å². The van der Waals surface area contributed by atoms with E-state index in [-0.39, 0.29) is 0 Å². The van der Waals surface area contributed by atoms with Gasteiger partial charge in [-0.3, -0.25) is 9.97 Å². The molecule has 2 aromatic heterocycles. The number of pyridine rings is 2. The highest BCUT2D eigenvalue weighted by Crippen LogP contribution is 2.40. The predicted molar refractivity (Wildman–Crippen MR) is 85.3 cm³/mol. The summed E-state index contributed by atoms with van der Waals surface area (Å²) in [5.41, 5.74) is 5.30. The summed E-state index contributed by atoms with van der Waals surface area (Å²) >= 11 is 0. The van der Waals surface area contributed by atoms with Crippen molar-refractivity contribution in [3.05, 3.63) is 59.2 Å². The molecule has 2 heterocycles. The highest BCUT2D eigenvalue weighted by atomic mass is 14.9. The summed E-state index contributed by atoms with van der Waals surface area (Å²) in [6.45, 7) is 5.41. The minimum Gasteiger partial charge on any atom is -0.309 e. The van der Waals surface area contributed by atoms with Gasteiger partial charge in [-0.1, -0.05) is 13.0 Å². The van der Waals surface area contributed by atoms with Crippen LogP contribution in [-0.4, -0.2) is 16.5 Å². The third-order valence-electron chi connectivity index (χ3n) is 4.43. The lowest BCUT2D eigenvalue weighted by molar-refractivity contribution is 0.435. The Morgan fingerprint density at radius 1 is 1.33 bits per heavy atom. The van der Waals surface area contributed by atoms with Crippen molar-refractivity contribution < 1.29 is 0 Å². The number of aryl methyl sites for hydroxylation is 2. The van der Waals surface area contributed by atoms with E-state index < -0.39 is 0 Å². The monoisotopic (exact) mass is 281 g/mol. The summed E-state index contributed by atoms with van der Waals surface area (Å²) in [7, 11) is 0. The van der Waals surface area contributed by atoms with Crippen molar-refractivity contribution in [1.29, 1.82) is 0 Å². The van der Waals surface area contributed by atoms with Crippen LogP contribution in [0.5, 0.6) is 0 Å². The standard InChI is InChI=1S/C18H23N3/c1-3-9-20-18(16-12-19-11-8-13(16)2)15-7-6-14-5-4-10-21-17(14)15/h4-5,8,10-12,15,18,20H,3,6-7,9H2,1-2H3. The lowest BCUT2D eigenvalue weighted by atomic mass is 9.89. The molecule has 1 N–H and O–H groups in total. The fourth-order valence-corrected chi connectivity index (χ4v) is 3.34. The first-order chi connectivity index (χ1) is 10.3. The summed E-state index contributed by atoms with van der Waals surface area (Å²) in [4.78, 5) is 9.01. The van der Waals surface area contributed by atoms with Gasteiger partial charge in [0, 0.05) is 36.2 Å². The molecule has 1 aliphatic carbocycles. The lowest BCUT2D eigenvalue weighted by Crippen LogP contribution is -2.28. The van der Waals surface area contributed by atoms with Crippen LogP contribution in [0.2, 0.25) is 0 Å². The number of nitrogens with one attached hydrogen (secondary N) is 1. The minimum atomic E-state index is 0.315. The molecule has 0 aliphatic heterocycles. The summed E-state index contributed by atoms with van der Waals surface area (Å²) in [5.74, 6) is 0.454. The number of nitrogens with zero attached hydrogens (tertiary/aromatic N) is 2. The first-order valence-corrected chi connectivity index (χ1v) is 7.89. The van der Waals surface area contributed by atoms with Gasteiger partial charge in [-0.25, -0.2) is 0 Å². The Bertz CT molecular complexity index is 609. The molecule has 110 valence electrons. The Labute approximate surface area is 126 Å². The van der Waals surface area contributed by atoms with E-state index in [1.807, 2.05) is 24.7 Å². The minimum absolute atomic E-state index is 0.315. The Balaban J connectivity index is 1.96. The van der Waals surface area contributed by atoms with Crippen LogP contribution in [0.3, 0.4) is 0 Å². The second-order valence-electron chi connectivity index (χ2n) is 5.86. The third-order valence-corrected chi connectivity index (χ3v) is 4.43. The maximum absolute atomic E-state index is 4.66. The summed E-state index contributed by atoms with van der Waals surface area (Å²) in [6, 6.07) is 6.68. The largest absolute Gasteiger partial charge is 0.309 e. The average Bonchev–Trinajstić information content (AvgIpc) is 2.93. The summed E-state index contributed by atoms with van der Waals surface area (Å²) in [6.07, 6.45) is 9.25. The Morgan fingerprint density at radius 3 is 3.05 bits per heavy atom. The maximum atomic E-state index is 4.66. The van der Waals surface area contributed by atoms with Gasteiger partial charge in [0.2, 0.25) is 0 Å². The molecule has 0 bridgehead atoms. The van der Waals surface area contributed by atoms with Crippen LogP contribution in [0.25, 0.3) is 0 Å². The van der Waals surface area contributed by atoms with Gasteiger partial charge in [-0.2, -0.15) is 0 Å². The smallest absolute Gasteiger partial charge is 0.0485 e. The average molecular weight is 281 g/mol. The fourth-order valence-electron chi connectivity index (χ4n) is 3.34. The summed E-state index contributed by atoms with van der Waals surface area (Å²) < 4.78 is 0. The van der Waals surface area contributed by atoms with Crippen molar-refractivity contribution in [2.24, 2.45) is 0 Å². The molecule has 3 rings (SSSR count). The number of aromatic nitrogens is 2. The number of hydrogen-bond donors (Lipinski definition) is 1. The zero-order valence-electron chi connectivity index (χ0n) is 12.8. The van der Waals surface area contributed by atoms with Gasteiger partial charge in [-0.15, -0.1) is 0 Å². The molecular weight excluding hydrogens is 258 g/mol. The van der Waals surface area contributed by atoms with Crippen molar-refractivity contribution in [2.75, 3.05) is 6.54 Å². The Morgan fingerprint density at radius 2 is 2.24 bits per heavy atom. The van der Waals surface area contributed by atoms with Crippen molar-refractivity contribution in [3.8, 4) is 0 Å². The quantitative estimate of drug-likeness (QED) is 0.910. The Kier molecular flexibility index (Phi) is 4.30. The molecule has 0 saturated carbocycles. The van der Waals surface area contributed by atoms with Crippen LogP contribution in [0.15, 0.2) is 36.8 Å². The molecule has 0 radical (unpaired) electrons. The van der Waals surface area contributed by atoms with E-state index in [2.05, 4.69) is 41.3 Å². The van der Waals surface area contributed by atoms with Crippen molar-refractivity contribution in [3.63, 3.8) is 0 Å². The first kappa shape index (κ1) is 14.2. The zero-order chi connectivity index (χ0) is 14.7. The number of fused-ring (bicyclic) bond motifs is 1. The molecule has 0 spiro atoms. The SMILES string of the molecule is CCCNC(c1cnccc1C)C1CCc2cccnc21. The second-order valence-corrected chi connectivity index (χ2v) is 5.86. The molecule has 3 heteroatoms. The molecule has 0 saturated heterocycles. The van der Waals surface area contributed by atoms with Crippen LogP contribution >= 0.6 is 0 Å². The molecular formula is C18H23N3. The lowest BCUT2D eigenvalue weighted by Gasteiger charge is -2.26. The molecule has 3 nitrogen and oxygen atoms in total. The van der Waals surface area contributed by atoms with Gasteiger partial charge in [0.05, 0.1) is 0 Å². The van der Waals surface area contributed by atoms with E-state index in [1.165, 1.54) is 28.8 Å². The highest BCUT2D eigenvalue weighted by molar-refractivity contribution is 5.35. The first-order valence-electron chi connectivity index (χ1n) is 7.89. The molecule has 21 heavy (non-hydrogen) atoms. The van der Waals surface area contributed by atoms with Crippen molar-refractivity contribution >= 4 is 0 Å². The Hall–Kier alpha value is -1.74. The van der Waals surface area contributed by atoms with Gasteiger partial charge < -0.3 is 5.32 Å². The van der Waals surface area contributed by atoms with Gasteiger partial charge in [0.1, 0.15) is 0 Å². The number of rotatable bonds is 5. The van der Waals surface area contributed by atoms with E-state index in [4.69, 9.17) is 0 Å². The van der Waals surface area contributed by atoms with E-state index in [0.717, 1.165) is 19.4 Å². The third kappa shape index (κ3) is 2.84. The van der Waals surface area contributed by atoms with Crippen LogP contribution in [0.4, 0.5) is 0 Å². The van der Waals surface area contributed by atoms with Crippen LogP contribution in [0.1, 0.15) is 54.1 Å². The fraction of sp³-hybridized carbons (Fsp3) is 0.444. The zero-order valence-corrected chi connectivity index (χ0v) is 12.8. The number of hydrogen-bond acceptors (Lipinski definition) is 3. The molecule has 0 fully saturated rings. The molecule has 2 atom stereocenters. The normalized spacial score (nSPS) is 18.5. The van der Waals surface area contributed by atoms with Gasteiger partial charge in [-0.05, 0) is 61.6 Å².